The van der Waals surface area contributed by atoms with E-state index in [4.69, 9.17) is 4.74 Å². The first-order valence-corrected chi connectivity index (χ1v) is 9.13. The van der Waals surface area contributed by atoms with Crippen molar-refractivity contribution >= 4 is 39.8 Å². The van der Waals surface area contributed by atoms with E-state index in [0.29, 0.717) is 11.5 Å². The number of rotatable bonds is 6. The number of anilines is 2. The summed E-state index contributed by atoms with van der Waals surface area (Å²) in [7, 11) is 0. The second kappa shape index (κ2) is 8.44. The fraction of sp³-hybridized carbons (Fsp3) is 0. The lowest BCUT2D eigenvalue weighted by molar-refractivity contribution is -0.394. The molecule has 0 aliphatic heterocycles. The van der Waals surface area contributed by atoms with Gasteiger partial charge in [-0.15, -0.1) is 0 Å². The van der Waals surface area contributed by atoms with Crippen LogP contribution in [0.1, 0.15) is 10.4 Å². The zero-order valence-corrected chi connectivity index (χ0v) is 16.2. The molecule has 0 spiro atoms. The summed E-state index contributed by atoms with van der Waals surface area (Å²) in [5.74, 6) is -0.203. The number of carbonyl (C=O) groups is 1. The molecule has 11 heteroatoms. The van der Waals surface area contributed by atoms with Gasteiger partial charge in [0.2, 0.25) is 0 Å². The van der Waals surface area contributed by atoms with Gasteiger partial charge in [0.15, 0.2) is 0 Å². The van der Waals surface area contributed by atoms with Crippen LogP contribution in [0.5, 0.6) is 5.75 Å². The highest BCUT2D eigenvalue weighted by atomic mass is 16.6. The lowest BCUT2D eigenvalue weighted by atomic mass is 10.2. The number of carbonyl (C=O) groups excluding carboxylic acids is 1. The van der Waals surface area contributed by atoms with Crippen molar-refractivity contribution in [3.05, 3.63) is 98.8 Å². The standard InChI is InChI=1S/C21H13N5O6/c27-21(13-9-15(25(28)29)11-16(10-13)26(30)31)32-17-7-5-14(6-8-17)24-20-18-3-1-2-4-19(18)22-12-23-20/h1-12H,(H,22,23,24). The molecule has 0 fully saturated rings. The molecule has 32 heavy (non-hydrogen) atoms. The second-order valence-electron chi connectivity index (χ2n) is 6.53. The SMILES string of the molecule is O=C(Oc1ccc(Nc2ncnc3ccccc23)cc1)c1cc([N+](=O)[O-])cc([N+](=O)[O-])c1. The van der Waals surface area contributed by atoms with Crippen molar-refractivity contribution in [2.75, 3.05) is 5.32 Å². The van der Waals surface area contributed by atoms with Crippen molar-refractivity contribution in [2.24, 2.45) is 0 Å². The van der Waals surface area contributed by atoms with E-state index in [-0.39, 0.29) is 11.3 Å². The van der Waals surface area contributed by atoms with Gasteiger partial charge in [0.05, 0.1) is 27.0 Å². The van der Waals surface area contributed by atoms with E-state index in [1.807, 2.05) is 24.3 Å². The van der Waals surface area contributed by atoms with Gasteiger partial charge >= 0.3 is 5.97 Å². The number of nitrogens with zero attached hydrogens (tertiary/aromatic N) is 4. The van der Waals surface area contributed by atoms with Gasteiger partial charge in [-0.25, -0.2) is 14.8 Å². The van der Waals surface area contributed by atoms with Gasteiger partial charge in [-0.2, -0.15) is 0 Å². The topological polar surface area (TPSA) is 150 Å². The summed E-state index contributed by atoms with van der Waals surface area (Å²) in [4.78, 5) is 41.2. The highest BCUT2D eigenvalue weighted by molar-refractivity contribution is 5.93. The minimum Gasteiger partial charge on any atom is -0.423 e. The van der Waals surface area contributed by atoms with Crippen molar-refractivity contribution in [1.82, 2.24) is 9.97 Å². The van der Waals surface area contributed by atoms with Gasteiger partial charge in [-0.1, -0.05) is 12.1 Å². The molecule has 0 unspecified atom stereocenters. The zero-order valence-electron chi connectivity index (χ0n) is 16.2. The number of para-hydroxylation sites is 1. The lowest BCUT2D eigenvalue weighted by Gasteiger charge is -2.09. The summed E-state index contributed by atoms with van der Waals surface area (Å²) in [5, 5.41) is 26.0. The van der Waals surface area contributed by atoms with E-state index in [0.717, 1.165) is 29.1 Å². The van der Waals surface area contributed by atoms with Gasteiger partial charge in [0.1, 0.15) is 17.9 Å². The Kier molecular flexibility index (Phi) is 5.36. The van der Waals surface area contributed by atoms with Gasteiger partial charge in [-0.3, -0.25) is 20.2 Å². The Morgan fingerprint density at radius 2 is 1.53 bits per heavy atom. The van der Waals surface area contributed by atoms with Crippen LogP contribution in [0.15, 0.2) is 73.1 Å². The number of aromatic nitrogens is 2. The molecule has 0 bridgehead atoms. The average Bonchev–Trinajstić information content (AvgIpc) is 2.80. The van der Waals surface area contributed by atoms with Crippen molar-refractivity contribution in [3.8, 4) is 5.75 Å². The molecule has 4 rings (SSSR count). The fourth-order valence-electron chi connectivity index (χ4n) is 2.94. The molecule has 4 aromatic rings. The van der Waals surface area contributed by atoms with Crippen LogP contribution in [-0.4, -0.2) is 25.8 Å². The predicted molar refractivity (Wildman–Crippen MR) is 114 cm³/mol. The Bertz CT molecular complexity index is 1320. The smallest absolute Gasteiger partial charge is 0.344 e. The Balaban J connectivity index is 1.52. The number of nitro benzene ring substituents is 2. The van der Waals surface area contributed by atoms with E-state index in [1.54, 1.807) is 12.1 Å². The van der Waals surface area contributed by atoms with E-state index in [1.165, 1.54) is 18.5 Å². The lowest BCUT2D eigenvalue weighted by Crippen LogP contribution is -2.09. The number of benzene rings is 3. The van der Waals surface area contributed by atoms with Gasteiger partial charge in [0, 0.05) is 23.2 Å². The molecule has 0 saturated heterocycles. The Labute approximate surface area is 179 Å². The molecule has 0 aliphatic rings. The molecular weight excluding hydrogens is 418 g/mol. The van der Waals surface area contributed by atoms with Crippen molar-refractivity contribution in [3.63, 3.8) is 0 Å². The Hall–Kier alpha value is -4.93. The number of hydrogen-bond acceptors (Lipinski definition) is 9. The largest absolute Gasteiger partial charge is 0.423 e. The maximum Gasteiger partial charge on any atom is 0.344 e. The number of esters is 1. The molecule has 0 aliphatic carbocycles. The first kappa shape index (κ1) is 20.3. The maximum atomic E-state index is 12.4. The van der Waals surface area contributed by atoms with Crippen molar-refractivity contribution in [1.29, 1.82) is 0 Å². The van der Waals surface area contributed by atoms with E-state index < -0.39 is 27.2 Å². The third-order valence-electron chi connectivity index (χ3n) is 4.43. The predicted octanol–water partition coefficient (Wildman–Crippen LogP) is 4.41. The van der Waals surface area contributed by atoms with Crippen LogP contribution in [0.2, 0.25) is 0 Å². The molecule has 1 heterocycles. The summed E-state index contributed by atoms with van der Waals surface area (Å²) in [6.07, 6.45) is 1.44. The number of fused-ring (bicyclic) bond motifs is 1. The zero-order chi connectivity index (χ0) is 22.7. The van der Waals surface area contributed by atoms with E-state index >= 15 is 0 Å². The average molecular weight is 431 g/mol. The highest BCUT2D eigenvalue weighted by Crippen LogP contribution is 2.26. The fourth-order valence-corrected chi connectivity index (χ4v) is 2.94. The highest BCUT2D eigenvalue weighted by Gasteiger charge is 2.21. The van der Waals surface area contributed by atoms with Crippen LogP contribution in [0.4, 0.5) is 22.9 Å². The normalized spacial score (nSPS) is 10.5. The summed E-state index contributed by atoms with van der Waals surface area (Å²) in [5.41, 5.74) is -0.0210. The van der Waals surface area contributed by atoms with Crippen LogP contribution in [-0.2, 0) is 0 Å². The van der Waals surface area contributed by atoms with Crippen LogP contribution in [0, 0.1) is 20.2 Å². The first-order chi connectivity index (χ1) is 15.4. The van der Waals surface area contributed by atoms with Crippen LogP contribution in [0.25, 0.3) is 10.9 Å². The van der Waals surface area contributed by atoms with Gasteiger partial charge in [0.25, 0.3) is 11.4 Å². The molecule has 3 aromatic carbocycles. The van der Waals surface area contributed by atoms with Crippen molar-refractivity contribution < 1.29 is 19.4 Å². The first-order valence-electron chi connectivity index (χ1n) is 9.13. The number of non-ortho nitro benzene ring substituents is 2. The molecule has 0 amide bonds. The molecule has 158 valence electrons. The second-order valence-corrected chi connectivity index (χ2v) is 6.53. The third kappa shape index (κ3) is 4.31. The minimum absolute atomic E-state index is 0.155. The minimum atomic E-state index is -0.959. The van der Waals surface area contributed by atoms with E-state index in [9.17, 15) is 25.0 Å². The van der Waals surface area contributed by atoms with Gasteiger partial charge in [-0.05, 0) is 36.4 Å². The van der Waals surface area contributed by atoms with Crippen LogP contribution < -0.4 is 10.1 Å². The van der Waals surface area contributed by atoms with Crippen LogP contribution in [0.3, 0.4) is 0 Å². The molecule has 0 saturated carbocycles. The molecular formula is C21H13N5O6. The maximum absolute atomic E-state index is 12.4. The molecule has 11 nitrogen and oxygen atoms in total. The monoisotopic (exact) mass is 431 g/mol. The summed E-state index contributed by atoms with van der Waals surface area (Å²) in [6.45, 7) is 0. The summed E-state index contributed by atoms with van der Waals surface area (Å²) < 4.78 is 5.21. The van der Waals surface area contributed by atoms with E-state index in [2.05, 4.69) is 15.3 Å². The van der Waals surface area contributed by atoms with Crippen LogP contribution >= 0.6 is 0 Å². The number of nitro groups is 2. The third-order valence-corrected chi connectivity index (χ3v) is 4.43. The molecule has 0 radical (unpaired) electrons. The molecule has 0 atom stereocenters. The number of nitrogens with one attached hydrogen (secondary N) is 1. The summed E-state index contributed by atoms with van der Waals surface area (Å²) in [6, 6.07) is 16.4. The Morgan fingerprint density at radius 1 is 0.875 bits per heavy atom. The van der Waals surface area contributed by atoms with Gasteiger partial charge < -0.3 is 10.1 Å². The quantitative estimate of drug-likeness (QED) is 0.203. The molecule has 1 aromatic heterocycles. The Morgan fingerprint density at radius 3 is 2.19 bits per heavy atom. The van der Waals surface area contributed by atoms with Crippen molar-refractivity contribution in [2.45, 2.75) is 0 Å². The molecule has 1 N–H and O–H groups in total. The summed E-state index contributed by atoms with van der Waals surface area (Å²) >= 11 is 0. The number of ether oxygens (including phenoxy) is 1. The number of hydrogen-bond donors (Lipinski definition) is 1.